The van der Waals surface area contributed by atoms with Gasteiger partial charge in [0.2, 0.25) is 0 Å². The topological polar surface area (TPSA) is 16.3 Å². The van der Waals surface area contributed by atoms with Crippen LogP contribution in [0.15, 0.2) is 376 Å². The molecule has 0 atom stereocenters. The molecule has 0 fully saturated rings. The fraction of sp³-hybridized carbons (Fsp3) is 0.0588. The van der Waals surface area contributed by atoms with Gasteiger partial charge in [-0.1, -0.05) is 264 Å². The molecule has 502 valence electrons. The lowest BCUT2D eigenvalue weighted by molar-refractivity contribution is 0.660. The van der Waals surface area contributed by atoms with Crippen molar-refractivity contribution in [3.05, 3.63) is 398 Å². The zero-order valence-corrected chi connectivity index (χ0v) is 59.6. The van der Waals surface area contributed by atoms with Crippen LogP contribution in [0.5, 0.6) is 0 Å². The third-order valence-electron chi connectivity index (χ3n) is 22.9. The highest BCUT2D eigenvalue weighted by atomic mass is 15.1. The average molecular weight is 1360 g/mol. The number of hydrogen-bond donors (Lipinski definition) is 0. The van der Waals surface area contributed by atoms with Crippen molar-refractivity contribution in [3.8, 4) is 89.3 Å². The minimum atomic E-state index is -0.275. The quantitative estimate of drug-likeness (QED) is 0.114. The maximum Gasteiger partial charge on any atom is 0.0547 e. The van der Waals surface area contributed by atoms with Gasteiger partial charge < -0.3 is 18.9 Å². The third kappa shape index (κ3) is 10.3. The van der Waals surface area contributed by atoms with E-state index in [-0.39, 0.29) is 10.8 Å². The molecule has 4 heteroatoms. The summed E-state index contributed by atoms with van der Waals surface area (Å²) in [5, 5.41) is 4.90. The first-order valence-corrected chi connectivity index (χ1v) is 36.9. The summed E-state index contributed by atoms with van der Waals surface area (Å²) in [5.74, 6) is 0. The summed E-state index contributed by atoms with van der Waals surface area (Å²) in [4.78, 5) is 4.83. The number of aromatic nitrogens is 2. The van der Waals surface area contributed by atoms with E-state index in [1.54, 1.807) is 0 Å². The van der Waals surface area contributed by atoms with Crippen molar-refractivity contribution < 1.29 is 0 Å². The van der Waals surface area contributed by atoms with E-state index in [0.717, 1.165) is 62.1 Å². The van der Waals surface area contributed by atoms with E-state index >= 15 is 0 Å². The summed E-state index contributed by atoms with van der Waals surface area (Å²) < 4.78 is 4.85. The Morgan fingerprint density at radius 3 is 1.08 bits per heavy atom. The summed E-state index contributed by atoms with van der Waals surface area (Å²) in [6.07, 6.45) is 0. The molecule has 0 N–H and O–H groups in total. The van der Waals surface area contributed by atoms with Gasteiger partial charge in [0.15, 0.2) is 0 Å². The molecule has 0 unspecified atom stereocenters. The molecule has 18 aromatic rings. The molecule has 0 spiro atoms. The van der Waals surface area contributed by atoms with Gasteiger partial charge in [-0.25, -0.2) is 0 Å². The molecular weight excluding hydrogens is 1280 g/mol. The maximum absolute atomic E-state index is 2.47. The van der Waals surface area contributed by atoms with Crippen LogP contribution in [-0.4, -0.2) is 9.13 Å². The minimum Gasteiger partial charge on any atom is -0.310 e. The van der Waals surface area contributed by atoms with Crippen LogP contribution in [-0.2, 0) is 10.8 Å². The van der Waals surface area contributed by atoms with E-state index in [1.165, 1.54) is 127 Å². The Morgan fingerprint density at radius 2 is 0.528 bits per heavy atom. The summed E-state index contributed by atoms with van der Waals surface area (Å²) >= 11 is 0. The molecule has 0 radical (unpaired) electrons. The van der Waals surface area contributed by atoms with Crippen LogP contribution < -0.4 is 9.80 Å². The zero-order valence-electron chi connectivity index (χ0n) is 59.6. The van der Waals surface area contributed by atoms with Gasteiger partial charge in [-0.15, -0.1) is 0 Å². The largest absolute Gasteiger partial charge is 0.310 e. The second kappa shape index (κ2) is 24.7. The van der Waals surface area contributed by atoms with E-state index in [1.807, 2.05) is 0 Å². The molecule has 0 saturated heterocycles. The van der Waals surface area contributed by atoms with Crippen LogP contribution in [0.1, 0.15) is 49.9 Å². The first-order chi connectivity index (χ1) is 52.1. The number of rotatable bonds is 13. The van der Waals surface area contributed by atoms with Crippen molar-refractivity contribution in [2.45, 2.75) is 38.5 Å². The maximum atomic E-state index is 2.47. The zero-order chi connectivity index (χ0) is 70.8. The first-order valence-electron chi connectivity index (χ1n) is 36.9. The van der Waals surface area contributed by atoms with Crippen LogP contribution >= 0.6 is 0 Å². The van der Waals surface area contributed by atoms with Crippen LogP contribution in [0.4, 0.5) is 34.1 Å². The number of nitrogens with zero attached hydrogens (tertiary/aromatic N) is 4. The van der Waals surface area contributed by atoms with E-state index in [2.05, 4.69) is 423 Å². The Hall–Kier alpha value is -13.3. The van der Waals surface area contributed by atoms with Crippen molar-refractivity contribution in [3.63, 3.8) is 0 Å². The summed E-state index contributed by atoms with van der Waals surface area (Å²) in [6.45, 7) is 9.51. The molecule has 0 saturated carbocycles. The van der Waals surface area contributed by atoms with Gasteiger partial charge in [0.05, 0.1) is 22.1 Å². The molecule has 16 aromatic carbocycles. The molecule has 0 amide bonds. The lowest BCUT2D eigenvalue weighted by Gasteiger charge is -2.28. The lowest BCUT2D eigenvalue weighted by Crippen LogP contribution is -2.16. The van der Waals surface area contributed by atoms with Crippen molar-refractivity contribution in [1.29, 1.82) is 0 Å². The van der Waals surface area contributed by atoms with Gasteiger partial charge in [0.1, 0.15) is 0 Å². The van der Waals surface area contributed by atoms with Crippen LogP contribution in [0.3, 0.4) is 0 Å². The Balaban J connectivity index is 0.655. The lowest BCUT2D eigenvalue weighted by atomic mass is 9.82. The predicted octanol–water partition coefficient (Wildman–Crippen LogP) is 27.8. The van der Waals surface area contributed by atoms with Crippen molar-refractivity contribution >= 4 is 77.7 Å². The number of fused-ring (bicyclic) bond motifs is 12. The molecule has 20 rings (SSSR count). The van der Waals surface area contributed by atoms with Crippen molar-refractivity contribution in [2.24, 2.45) is 0 Å². The van der Waals surface area contributed by atoms with Gasteiger partial charge in [0, 0.05) is 77.9 Å². The van der Waals surface area contributed by atoms with Crippen LogP contribution in [0.25, 0.3) is 133 Å². The fourth-order valence-electron chi connectivity index (χ4n) is 17.5. The van der Waals surface area contributed by atoms with Gasteiger partial charge in [-0.05, 0) is 240 Å². The SMILES string of the molecule is CC1(C)c2ccccc2-c2ccc(N(c3ccccc3)c3ccc(-c4ccc5c(c4)c4ccc(-c6ccc7c(c6)-c6ccc(N(c8ccc(-c9ccccc9)cc8)c8ccc(-c9ccc%10c(c9)c9ccccc9n%10-c9ccccc9)cc8)cc6C7(C)C)cc4n5-c4ccc(-c5ccccc5)cc4)cc3)cc21. The summed E-state index contributed by atoms with van der Waals surface area (Å²) in [6, 6.07) is 139. The number of anilines is 6. The summed E-state index contributed by atoms with van der Waals surface area (Å²) in [5.41, 5.74) is 35.7. The number of benzene rings is 16. The molecule has 106 heavy (non-hydrogen) atoms. The van der Waals surface area contributed by atoms with Gasteiger partial charge >= 0.3 is 0 Å². The molecule has 2 aromatic heterocycles. The van der Waals surface area contributed by atoms with E-state index in [9.17, 15) is 0 Å². The molecule has 2 aliphatic carbocycles. The molecular formula is C102H74N4. The summed E-state index contributed by atoms with van der Waals surface area (Å²) in [7, 11) is 0. The third-order valence-corrected chi connectivity index (χ3v) is 22.9. The average Bonchev–Trinajstić information content (AvgIpc) is 1.58. The molecule has 2 aliphatic rings. The van der Waals surface area contributed by atoms with Crippen LogP contribution in [0.2, 0.25) is 0 Å². The highest BCUT2D eigenvalue weighted by Gasteiger charge is 2.38. The number of hydrogen-bond acceptors (Lipinski definition) is 2. The van der Waals surface area contributed by atoms with E-state index in [0.29, 0.717) is 0 Å². The van der Waals surface area contributed by atoms with Gasteiger partial charge in [0.25, 0.3) is 0 Å². The minimum absolute atomic E-state index is 0.115. The second-order valence-electron chi connectivity index (χ2n) is 29.7. The highest BCUT2D eigenvalue weighted by Crippen LogP contribution is 2.54. The normalized spacial score (nSPS) is 13.1. The molecule has 0 aliphatic heterocycles. The molecule has 0 bridgehead atoms. The van der Waals surface area contributed by atoms with E-state index < -0.39 is 0 Å². The van der Waals surface area contributed by atoms with Gasteiger partial charge in [-0.3, -0.25) is 0 Å². The Labute approximate surface area is 618 Å². The molecule has 4 nitrogen and oxygen atoms in total. The van der Waals surface area contributed by atoms with E-state index in [4.69, 9.17) is 0 Å². The van der Waals surface area contributed by atoms with Crippen molar-refractivity contribution in [1.82, 2.24) is 9.13 Å². The fourth-order valence-corrected chi connectivity index (χ4v) is 17.5. The Bertz CT molecular complexity index is 6450. The smallest absolute Gasteiger partial charge is 0.0547 e. The second-order valence-corrected chi connectivity index (χ2v) is 29.7. The highest BCUT2D eigenvalue weighted by molar-refractivity contribution is 6.13. The Kier molecular flexibility index (Phi) is 14.6. The predicted molar refractivity (Wildman–Crippen MR) is 447 cm³/mol. The van der Waals surface area contributed by atoms with Crippen LogP contribution in [0, 0.1) is 0 Å². The molecule has 2 heterocycles. The Morgan fingerprint density at radius 1 is 0.189 bits per heavy atom. The standard InChI is InChI=1S/C102H74N4/c1-101(2)93-31-19-17-29-85(93)86-56-53-83(65-95(86)101)103(77-25-13-7-14-26-77)79-47-37-72(38-48-79)74-44-60-99-92(63-74)89-55-41-76(64-100(89)106(99)82-51-35-70(36-52-82)68-23-11-6-12-24-68)75-42-58-94-90(61-75)87-57-54-84(66-96(87)102(94,3)4)104(80-45-33-69(34-46-80)67-21-9-5-10-22-67)81-49-39-71(40-50-81)73-43-59-98-91(62-73)88-30-18-20-32-97(88)105(98)78-27-15-8-16-28-78/h5-66H,1-4H3. The monoisotopic (exact) mass is 1350 g/mol. The first kappa shape index (κ1) is 62.5. The van der Waals surface area contributed by atoms with Gasteiger partial charge in [-0.2, -0.15) is 0 Å². The van der Waals surface area contributed by atoms with Crippen molar-refractivity contribution in [2.75, 3.05) is 9.80 Å². The number of para-hydroxylation sites is 3.